The molecule has 0 spiro atoms. The van der Waals surface area contributed by atoms with E-state index in [1.165, 1.54) is 7.11 Å². The van der Waals surface area contributed by atoms with Crippen molar-refractivity contribution < 1.29 is 14.3 Å². The highest BCUT2D eigenvalue weighted by Gasteiger charge is 2.13. The van der Waals surface area contributed by atoms with Crippen LogP contribution in [0.3, 0.4) is 0 Å². The Balaban J connectivity index is 2.33. The minimum atomic E-state index is -0.293. The van der Waals surface area contributed by atoms with Crippen LogP contribution in [0.2, 0.25) is 0 Å². The highest BCUT2D eigenvalue weighted by atomic mass is 16.5. The van der Waals surface area contributed by atoms with Gasteiger partial charge in [-0.05, 0) is 36.6 Å². The van der Waals surface area contributed by atoms with Gasteiger partial charge in [-0.15, -0.1) is 0 Å². The van der Waals surface area contributed by atoms with E-state index in [4.69, 9.17) is 4.74 Å². The molecule has 3 nitrogen and oxygen atoms in total. The summed E-state index contributed by atoms with van der Waals surface area (Å²) < 4.78 is 10.1. The van der Waals surface area contributed by atoms with Crippen LogP contribution < -0.4 is 4.74 Å². The van der Waals surface area contributed by atoms with Crippen molar-refractivity contribution >= 4 is 5.97 Å². The van der Waals surface area contributed by atoms with E-state index in [0.717, 1.165) is 30.8 Å². The normalized spacial score (nSPS) is 14.1. The summed E-state index contributed by atoms with van der Waals surface area (Å²) in [4.78, 5) is 11.2. The van der Waals surface area contributed by atoms with E-state index < -0.39 is 0 Å². The van der Waals surface area contributed by atoms with Gasteiger partial charge in [0.25, 0.3) is 0 Å². The highest BCUT2D eigenvalue weighted by molar-refractivity contribution is 5.89. The predicted molar refractivity (Wildman–Crippen MR) is 51.6 cm³/mol. The van der Waals surface area contributed by atoms with Crippen LogP contribution >= 0.6 is 0 Å². The molecule has 74 valence electrons. The second-order valence-electron chi connectivity index (χ2n) is 3.27. The van der Waals surface area contributed by atoms with Crippen LogP contribution in [0.4, 0.5) is 0 Å². The van der Waals surface area contributed by atoms with Crippen molar-refractivity contribution in [3.8, 4) is 5.75 Å². The summed E-state index contributed by atoms with van der Waals surface area (Å²) in [5.41, 5.74) is 1.69. The lowest BCUT2D eigenvalue weighted by molar-refractivity contribution is 0.0600. The molecule has 0 bridgehead atoms. The molecule has 1 aromatic rings. The first kappa shape index (κ1) is 9.06. The molecule has 1 aliphatic heterocycles. The minimum absolute atomic E-state index is 0.293. The highest BCUT2D eigenvalue weighted by Crippen LogP contribution is 2.25. The van der Waals surface area contributed by atoms with Gasteiger partial charge in [-0.3, -0.25) is 0 Å². The van der Waals surface area contributed by atoms with E-state index >= 15 is 0 Å². The molecule has 0 amide bonds. The van der Waals surface area contributed by atoms with Crippen LogP contribution in [-0.2, 0) is 11.2 Å². The Bertz CT molecular complexity index is 358. The zero-order valence-corrected chi connectivity index (χ0v) is 8.08. The Morgan fingerprint density at radius 3 is 3.14 bits per heavy atom. The van der Waals surface area contributed by atoms with Crippen molar-refractivity contribution in [2.75, 3.05) is 13.7 Å². The lowest BCUT2D eigenvalue weighted by atomic mass is 10.0. The van der Waals surface area contributed by atoms with Gasteiger partial charge in [-0.25, -0.2) is 4.79 Å². The molecule has 0 saturated heterocycles. The molecule has 2 rings (SSSR count). The molecule has 0 aliphatic carbocycles. The van der Waals surface area contributed by atoms with Gasteiger partial charge in [0.15, 0.2) is 0 Å². The average Bonchev–Trinajstić information content (AvgIpc) is 2.27. The van der Waals surface area contributed by atoms with Gasteiger partial charge < -0.3 is 9.47 Å². The molecule has 0 atom stereocenters. The second kappa shape index (κ2) is 3.70. The smallest absolute Gasteiger partial charge is 0.337 e. The third-order valence-electron chi connectivity index (χ3n) is 2.33. The zero-order chi connectivity index (χ0) is 9.97. The maximum atomic E-state index is 11.2. The Morgan fingerprint density at radius 2 is 2.36 bits per heavy atom. The molecule has 0 radical (unpaired) electrons. The standard InChI is InChI=1S/C11H12O3/c1-13-11(12)9-4-5-10-8(7-9)3-2-6-14-10/h4-5,7H,2-3,6H2,1H3. The molecule has 3 heteroatoms. The minimum Gasteiger partial charge on any atom is -0.493 e. The molecule has 0 fully saturated rings. The van der Waals surface area contributed by atoms with Gasteiger partial charge in [0.2, 0.25) is 0 Å². The first-order chi connectivity index (χ1) is 6.81. The van der Waals surface area contributed by atoms with Crippen LogP contribution in [0.5, 0.6) is 5.75 Å². The number of ether oxygens (including phenoxy) is 2. The number of aryl methyl sites for hydroxylation is 1. The van der Waals surface area contributed by atoms with Crippen molar-refractivity contribution in [3.63, 3.8) is 0 Å². The fourth-order valence-electron chi connectivity index (χ4n) is 1.61. The van der Waals surface area contributed by atoms with Crippen LogP contribution in [0.15, 0.2) is 18.2 Å². The molecule has 0 N–H and O–H groups in total. The summed E-state index contributed by atoms with van der Waals surface area (Å²) in [7, 11) is 1.39. The number of carbonyl (C=O) groups excluding carboxylic acids is 1. The first-order valence-corrected chi connectivity index (χ1v) is 4.65. The number of hydrogen-bond acceptors (Lipinski definition) is 3. The molecular weight excluding hydrogens is 180 g/mol. The van der Waals surface area contributed by atoms with E-state index in [1.807, 2.05) is 12.1 Å². The molecule has 1 heterocycles. The van der Waals surface area contributed by atoms with Gasteiger partial charge in [0, 0.05) is 0 Å². The average molecular weight is 192 g/mol. The Labute approximate surface area is 82.6 Å². The van der Waals surface area contributed by atoms with Gasteiger partial charge in [0.05, 0.1) is 19.3 Å². The maximum Gasteiger partial charge on any atom is 0.337 e. The van der Waals surface area contributed by atoms with Crippen LogP contribution in [0.25, 0.3) is 0 Å². The molecule has 0 unspecified atom stereocenters. The van der Waals surface area contributed by atoms with Crippen molar-refractivity contribution in [3.05, 3.63) is 29.3 Å². The number of methoxy groups -OCH3 is 1. The van der Waals surface area contributed by atoms with Crippen molar-refractivity contribution in [2.24, 2.45) is 0 Å². The van der Waals surface area contributed by atoms with Gasteiger partial charge in [-0.1, -0.05) is 0 Å². The number of hydrogen-bond donors (Lipinski definition) is 0. The number of fused-ring (bicyclic) bond motifs is 1. The summed E-state index contributed by atoms with van der Waals surface area (Å²) in [6.07, 6.45) is 1.98. The molecular formula is C11H12O3. The summed E-state index contributed by atoms with van der Waals surface area (Å²) in [6, 6.07) is 5.41. The van der Waals surface area contributed by atoms with Crippen molar-refractivity contribution in [1.82, 2.24) is 0 Å². The summed E-state index contributed by atoms with van der Waals surface area (Å²) in [5, 5.41) is 0. The summed E-state index contributed by atoms with van der Waals surface area (Å²) in [5.74, 6) is 0.599. The SMILES string of the molecule is COC(=O)c1ccc2c(c1)CCCO2. The van der Waals surface area contributed by atoms with E-state index in [1.54, 1.807) is 6.07 Å². The van der Waals surface area contributed by atoms with E-state index in [-0.39, 0.29) is 5.97 Å². The molecule has 0 saturated carbocycles. The first-order valence-electron chi connectivity index (χ1n) is 4.65. The van der Waals surface area contributed by atoms with Crippen LogP contribution in [-0.4, -0.2) is 19.7 Å². The number of carbonyl (C=O) groups is 1. The van der Waals surface area contributed by atoms with Gasteiger partial charge in [0.1, 0.15) is 5.75 Å². The van der Waals surface area contributed by atoms with Crippen LogP contribution in [0.1, 0.15) is 22.3 Å². The lowest BCUT2D eigenvalue weighted by Gasteiger charge is -2.17. The zero-order valence-electron chi connectivity index (χ0n) is 8.08. The van der Waals surface area contributed by atoms with Gasteiger partial charge >= 0.3 is 5.97 Å². The Morgan fingerprint density at radius 1 is 1.50 bits per heavy atom. The van der Waals surface area contributed by atoms with E-state index in [2.05, 4.69) is 4.74 Å². The summed E-state index contributed by atoms with van der Waals surface area (Å²) >= 11 is 0. The monoisotopic (exact) mass is 192 g/mol. The van der Waals surface area contributed by atoms with E-state index in [9.17, 15) is 4.79 Å². The fraction of sp³-hybridized carbons (Fsp3) is 0.364. The van der Waals surface area contributed by atoms with Crippen molar-refractivity contribution in [1.29, 1.82) is 0 Å². The number of benzene rings is 1. The molecule has 14 heavy (non-hydrogen) atoms. The largest absolute Gasteiger partial charge is 0.493 e. The predicted octanol–water partition coefficient (Wildman–Crippen LogP) is 1.80. The van der Waals surface area contributed by atoms with Crippen molar-refractivity contribution in [2.45, 2.75) is 12.8 Å². The van der Waals surface area contributed by atoms with E-state index in [0.29, 0.717) is 5.56 Å². The topological polar surface area (TPSA) is 35.5 Å². The molecule has 0 aromatic heterocycles. The maximum absolute atomic E-state index is 11.2. The third kappa shape index (κ3) is 1.58. The third-order valence-corrected chi connectivity index (χ3v) is 2.33. The molecule has 1 aromatic carbocycles. The Hall–Kier alpha value is -1.51. The quantitative estimate of drug-likeness (QED) is 0.636. The number of rotatable bonds is 1. The fourth-order valence-corrected chi connectivity index (χ4v) is 1.61. The second-order valence-corrected chi connectivity index (χ2v) is 3.27. The number of esters is 1. The Kier molecular flexibility index (Phi) is 2.39. The molecule has 1 aliphatic rings. The van der Waals surface area contributed by atoms with Gasteiger partial charge in [-0.2, -0.15) is 0 Å². The summed E-state index contributed by atoms with van der Waals surface area (Å²) in [6.45, 7) is 0.768. The lowest BCUT2D eigenvalue weighted by Crippen LogP contribution is -2.10. The van der Waals surface area contributed by atoms with Crippen LogP contribution in [0, 0.1) is 0 Å².